The Balaban J connectivity index is 1.05. The summed E-state index contributed by atoms with van der Waals surface area (Å²) >= 11 is 3.76. The Morgan fingerprint density at radius 2 is 1.59 bits per heavy atom. The lowest BCUT2D eigenvalue weighted by atomic mass is 9.75. The van der Waals surface area contributed by atoms with Crippen LogP contribution in [0.15, 0.2) is 149 Å². The monoisotopic (exact) mass is 677 g/mol. The fraction of sp³-hybridized carbons (Fsp3) is 0.205. The SMILES string of the molecule is CCN1/C(=C/C2=CC(=C/C=C/c3sc4ccccc4[n+]3CCOc3cccc4ccccc34)/CC(C)(C)C2)Sc2c1ccc1ccccc21. The van der Waals surface area contributed by atoms with Crippen molar-refractivity contribution >= 4 is 66.6 Å². The molecule has 1 aliphatic heterocycles. The van der Waals surface area contributed by atoms with Gasteiger partial charge in [0, 0.05) is 29.0 Å². The number of hydrogen-bond acceptors (Lipinski definition) is 4. The zero-order valence-electron chi connectivity index (χ0n) is 28.4. The molecule has 1 aliphatic carbocycles. The second-order valence-electron chi connectivity index (χ2n) is 13.7. The van der Waals surface area contributed by atoms with E-state index in [1.165, 1.54) is 58.1 Å². The zero-order chi connectivity index (χ0) is 33.4. The fourth-order valence-corrected chi connectivity index (χ4v) is 9.80. The molecule has 0 spiro atoms. The summed E-state index contributed by atoms with van der Waals surface area (Å²) < 4.78 is 10.1. The highest BCUT2D eigenvalue weighted by Gasteiger charge is 2.29. The first-order valence-corrected chi connectivity index (χ1v) is 18.9. The van der Waals surface area contributed by atoms with Crippen molar-refractivity contribution < 1.29 is 9.30 Å². The maximum atomic E-state index is 6.37. The third kappa shape index (κ3) is 6.46. The van der Waals surface area contributed by atoms with E-state index in [0.717, 1.165) is 37.1 Å². The van der Waals surface area contributed by atoms with Gasteiger partial charge in [-0.1, -0.05) is 134 Å². The van der Waals surface area contributed by atoms with Crippen molar-refractivity contribution in [1.29, 1.82) is 0 Å². The van der Waals surface area contributed by atoms with E-state index in [4.69, 9.17) is 4.74 Å². The molecule has 2 heterocycles. The lowest BCUT2D eigenvalue weighted by molar-refractivity contribution is -0.669. The number of para-hydroxylation sites is 1. The van der Waals surface area contributed by atoms with Crippen LogP contribution in [0.4, 0.5) is 5.69 Å². The zero-order valence-corrected chi connectivity index (χ0v) is 30.0. The molecule has 0 amide bonds. The molecular formula is C44H41N2OS2+. The van der Waals surface area contributed by atoms with Gasteiger partial charge in [0.2, 0.25) is 5.52 Å². The van der Waals surface area contributed by atoms with Crippen LogP contribution in [0, 0.1) is 5.41 Å². The van der Waals surface area contributed by atoms with Gasteiger partial charge in [-0.3, -0.25) is 0 Å². The van der Waals surface area contributed by atoms with Gasteiger partial charge < -0.3 is 9.64 Å². The van der Waals surface area contributed by atoms with Crippen LogP contribution < -0.4 is 14.2 Å². The molecule has 49 heavy (non-hydrogen) atoms. The molecule has 0 saturated carbocycles. The van der Waals surface area contributed by atoms with Crippen molar-refractivity contribution in [2.75, 3.05) is 18.1 Å². The molecule has 0 fully saturated rings. The van der Waals surface area contributed by atoms with Crippen molar-refractivity contribution in [2.45, 2.75) is 45.1 Å². The van der Waals surface area contributed by atoms with E-state index in [1.807, 2.05) is 23.1 Å². The second kappa shape index (κ2) is 13.4. The molecule has 5 aromatic carbocycles. The van der Waals surface area contributed by atoms with E-state index < -0.39 is 0 Å². The molecule has 0 N–H and O–H groups in total. The lowest BCUT2D eigenvalue weighted by Crippen LogP contribution is -2.38. The molecule has 0 bridgehead atoms. The van der Waals surface area contributed by atoms with Crippen LogP contribution in [0.5, 0.6) is 5.75 Å². The molecule has 1 aromatic heterocycles. The van der Waals surface area contributed by atoms with Crippen LogP contribution in [-0.2, 0) is 6.54 Å². The summed E-state index contributed by atoms with van der Waals surface area (Å²) in [6.07, 6.45) is 13.8. The molecule has 0 saturated heterocycles. The van der Waals surface area contributed by atoms with Crippen LogP contribution in [0.2, 0.25) is 0 Å². The molecule has 0 atom stereocenters. The lowest BCUT2D eigenvalue weighted by Gasteiger charge is -2.31. The summed E-state index contributed by atoms with van der Waals surface area (Å²) in [6, 6.07) is 36.7. The predicted octanol–water partition coefficient (Wildman–Crippen LogP) is 11.7. The van der Waals surface area contributed by atoms with E-state index in [2.05, 4.69) is 164 Å². The minimum atomic E-state index is 0.192. The smallest absolute Gasteiger partial charge is 0.262 e. The van der Waals surface area contributed by atoms with E-state index >= 15 is 0 Å². The quantitative estimate of drug-likeness (QED) is 0.149. The number of thiazole rings is 1. The Hall–Kier alpha value is -4.58. The average molecular weight is 678 g/mol. The van der Waals surface area contributed by atoms with Crippen molar-refractivity contribution in [3.63, 3.8) is 0 Å². The normalized spacial score (nSPS) is 17.5. The Bertz CT molecular complexity index is 2320. The van der Waals surface area contributed by atoms with Gasteiger partial charge in [0.25, 0.3) is 5.01 Å². The number of hydrogen-bond donors (Lipinski definition) is 0. The highest BCUT2D eigenvalue weighted by Crippen LogP contribution is 2.50. The third-order valence-corrected chi connectivity index (χ3v) is 11.8. The molecule has 0 radical (unpaired) electrons. The van der Waals surface area contributed by atoms with Gasteiger partial charge in [-0.05, 0) is 76.8 Å². The topological polar surface area (TPSA) is 16.4 Å². The van der Waals surface area contributed by atoms with Gasteiger partial charge in [0.15, 0.2) is 6.54 Å². The fourth-order valence-electron chi connectivity index (χ4n) is 7.36. The van der Waals surface area contributed by atoms with E-state index in [-0.39, 0.29) is 5.41 Å². The average Bonchev–Trinajstić information content (AvgIpc) is 3.65. The third-order valence-electron chi connectivity index (χ3n) is 9.49. The van der Waals surface area contributed by atoms with Crippen molar-refractivity contribution in [1.82, 2.24) is 0 Å². The number of fused-ring (bicyclic) bond motifs is 5. The number of nitrogens with zero attached hydrogens (tertiary/aromatic N) is 2. The van der Waals surface area contributed by atoms with Crippen LogP contribution in [0.1, 0.15) is 38.6 Å². The van der Waals surface area contributed by atoms with Gasteiger partial charge >= 0.3 is 0 Å². The summed E-state index contributed by atoms with van der Waals surface area (Å²) in [6.45, 7) is 9.37. The van der Waals surface area contributed by atoms with Gasteiger partial charge in [0.1, 0.15) is 17.1 Å². The standard InChI is InChI=1S/C44H41N2OS2/c1-4-45-38-24-23-34-15-6-8-18-36(34)43(38)49-42(45)28-32-27-31(29-44(2,3)30-32)13-11-22-41-46(37-19-9-10-21-40(37)48-41)25-26-47-39-20-12-16-33-14-5-7-17-35(33)39/h5-24,27-28H,4,25-26,29-30H2,1-3H3/q+1. The van der Waals surface area contributed by atoms with Gasteiger partial charge in [-0.2, -0.15) is 4.57 Å². The number of aromatic nitrogens is 1. The van der Waals surface area contributed by atoms with Crippen molar-refractivity contribution in [3.8, 4) is 5.75 Å². The first-order valence-electron chi connectivity index (χ1n) is 17.2. The number of benzene rings is 5. The molecule has 0 unspecified atom stereocenters. The van der Waals surface area contributed by atoms with Gasteiger partial charge in [-0.15, -0.1) is 0 Å². The largest absolute Gasteiger partial charge is 0.486 e. The van der Waals surface area contributed by atoms with Crippen LogP contribution >= 0.6 is 23.1 Å². The maximum absolute atomic E-state index is 6.37. The number of rotatable bonds is 8. The summed E-state index contributed by atoms with van der Waals surface area (Å²) in [4.78, 5) is 3.85. The van der Waals surface area contributed by atoms with E-state index in [0.29, 0.717) is 6.61 Å². The Morgan fingerprint density at radius 1 is 0.837 bits per heavy atom. The first-order chi connectivity index (χ1) is 24.0. The summed E-state index contributed by atoms with van der Waals surface area (Å²) in [5.74, 6) is 0.938. The second-order valence-corrected chi connectivity index (χ2v) is 15.8. The molecule has 2 aliphatic rings. The van der Waals surface area contributed by atoms with Crippen LogP contribution in [-0.4, -0.2) is 13.2 Å². The maximum Gasteiger partial charge on any atom is 0.262 e. The van der Waals surface area contributed by atoms with Crippen molar-refractivity contribution in [2.24, 2.45) is 5.41 Å². The van der Waals surface area contributed by atoms with E-state index in [1.54, 1.807) is 0 Å². The Labute approximate surface area is 297 Å². The number of thioether (sulfide) groups is 1. The number of anilines is 1. The van der Waals surface area contributed by atoms with E-state index in [9.17, 15) is 0 Å². The van der Waals surface area contributed by atoms with Crippen molar-refractivity contribution in [3.05, 3.63) is 149 Å². The predicted molar refractivity (Wildman–Crippen MR) is 211 cm³/mol. The number of allylic oxidation sites excluding steroid dienone is 6. The molecule has 6 aromatic rings. The minimum absolute atomic E-state index is 0.192. The highest BCUT2D eigenvalue weighted by molar-refractivity contribution is 8.04. The number of ether oxygens (including phenoxy) is 1. The molecular weight excluding hydrogens is 637 g/mol. The van der Waals surface area contributed by atoms with Crippen LogP contribution in [0.25, 0.3) is 37.8 Å². The molecule has 244 valence electrons. The Kier molecular flexibility index (Phi) is 8.65. The molecule has 5 heteroatoms. The summed E-state index contributed by atoms with van der Waals surface area (Å²) in [5.41, 5.74) is 5.54. The highest BCUT2D eigenvalue weighted by atomic mass is 32.2. The summed E-state index contributed by atoms with van der Waals surface area (Å²) in [7, 11) is 0. The first kappa shape index (κ1) is 31.7. The minimum Gasteiger partial charge on any atom is -0.486 e. The summed E-state index contributed by atoms with van der Waals surface area (Å²) in [5, 5.41) is 7.56. The van der Waals surface area contributed by atoms with Gasteiger partial charge in [0.05, 0.1) is 10.7 Å². The molecule has 3 nitrogen and oxygen atoms in total. The van der Waals surface area contributed by atoms with Crippen LogP contribution in [0.3, 0.4) is 0 Å². The Morgan fingerprint density at radius 3 is 2.45 bits per heavy atom. The van der Waals surface area contributed by atoms with Gasteiger partial charge in [-0.25, -0.2) is 0 Å². The molecule has 8 rings (SSSR count).